The largest absolute Gasteiger partial charge is 1.00 e. The molecular weight excluding hydrogens is 405 g/mol. The Morgan fingerprint density at radius 1 is 1.00 bits per heavy atom. The Morgan fingerprint density at radius 2 is 1.62 bits per heavy atom. The van der Waals surface area contributed by atoms with Crippen molar-refractivity contribution in [1.82, 2.24) is 0 Å². The quantitative estimate of drug-likeness (QED) is 0.660. The molecule has 0 heterocycles. The maximum Gasteiger partial charge on any atom is -1.00 e. The van der Waals surface area contributed by atoms with E-state index in [1.54, 1.807) is 27.9 Å². The summed E-state index contributed by atoms with van der Waals surface area (Å²) in [5, 5.41) is 0. The summed E-state index contributed by atoms with van der Waals surface area (Å²) < 4.78 is 2.55. The Kier molecular flexibility index (Phi) is 7.56. The summed E-state index contributed by atoms with van der Waals surface area (Å²) in [6.07, 6.45) is 3.75. The summed E-state index contributed by atoms with van der Waals surface area (Å²) in [5.41, 5.74) is 9.83. The van der Waals surface area contributed by atoms with Gasteiger partial charge in [0.2, 0.25) is 0 Å². The van der Waals surface area contributed by atoms with Crippen molar-refractivity contribution in [2.45, 2.75) is 58.5 Å². The van der Waals surface area contributed by atoms with Gasteiger partial charge in [0.15, 0.2) is 0 Å². The molecule has 0 N–H and O–H groups in total. The van der Waals surface area contributed by atoms with Gasteiger partial charge in [-0.25, -0.2) is 0 Å². The number of hydrogen-bond donors (Lipinski definition) is 0. The zero-order valence-corrected chi connectivity index (χ0v) is 19.5. The zero-order chi connectivity index (χ0) is 17.6. The molecule has 1 aromatic rings. The van der Waals surface area contributed by atoms with Crippen LogP contribution in [0.1, 0.15) is 69.6 Å². The number of halogens is 2. The number of hydrogen-bond acceptors (Lipinski definition) is 0. The van der Waals surface area contributed by atoms with Crippen LogP contribution in [0, 0.1) is 11.3 Å². The van der Waals surface area contributed by atoms with Crippen molar-refractivity contribution in [3.8, 4) is 0 Å². The van der Waals surface area contributed by atoms with Gasteiger partial charge in [-0.3, -0.25) is 0 Å². The minimum atomic E-state index is -0.728. The Hall–Kier alpha value is -0.817. The van der Waals surface area contributed by atoms with Gasteiger partial charge in [-0.2, -0.15) is 0 Å². The van der Waals surface area contributed by atoms with Gasteiger partial charge < -0.3 is 9.41 Å². The molecule has 0 saturated heterocycles. The van der Waals surface area contributed by atoms with Crippen LogP contribution in [0.3, 0.4) is 0 Å². The summed E-state index contributed by atoms with van der Waals surface area (Å²) in [4.78, 5) is 0. The molecule has 2 aliphatic carbocycles. The SMILES string of the molecule is CC1=C(C)C(C)(C)[C]([Zr+2][CH]2C(CC(C)C)=Cc3ccccc32)=C1C.[F-].[F-]. The van der Waals surface area contributed by atoms with Crippen LogP contribution in [0.4, 0.5) is 0 Å². The first-order valence-electron chi connectivity index (χ1n) is 9.19. The molecule has 1 aromatic carbocycles. The van der Waals surface area contributed by atoms with Crippen LogP contribution in [0.15, 0.2) is 49.8 Å². The average Bonchev–Trinajstić information content (AvgIpc) is 2.92. The number of allylic oxidation sites excluding steroid dienone is 5. The predicted molar refractivity (Wildman–Crippen MR) is 101 cm³/mol. The van der Waals surface area contributed by atoms with Crippen molar-refractivity contribution < 1.29 is 32.6 Å². The minimum absolute atomic E-state index is 0. The molecule has 1 unspecified atom stereocenters. The molecular formula is C23H30F2Zr. The third-order valence-electron chi connectivity index (χ3n) is 6.01. The van der Waals surface area contributed by atoms with Crippen LogP contribution in [0.25, 0.3) is 6.08 Å². The first kappa shape index (κ1) is 23.2. The van der Waals surface area contributed by atoms with E-state index < -0.39 is 23.2 Å². The van der Waals surface area contributed by atoms with Crippen molar-refractivity contribution in [2.24, 2.45) is 11.3 Å². The van der Waals surface area contributed by atoms with Crippen molar-refractivity contribution in [1.29, 1.82) is 0 Å². The molecule has 0 aromatic heterocycles. The molecule has 0 aliphatic heterocycles. The number of rotatable bonds is 4. The van der Waals surface area contributed by atoms with E-state index in [1.165, 1.54) is 12.0 Å². The van der Waals surface area contributed by atoms with Crippen molar-refractivity contribution in [2.75, 3.05) is 0 Å². The molecule has 0 radical (unpaired) electrons. The van der Waals surface area contributed by atoms with Gasteiger partial charge in [-0.1, -0.05) is 0 Å². The second kappa shape index (κ2) is 8.47. The van der Waals surface area contributed by atoms with Crippen molar-refractivity contribution >= 4 is 6.08 Å². The van der Waals surface area contributed by atoms with E-state index in [-0.39, 0.29) is 14.8 Å². The van der Waals surface area contributed by atoms with Gasteiger partial charge in [-0.15, -0.1) is 0 Å². The topological polar surface area (TPSA) is 0 Å². The molecule has 3 rings (SSSR count). The summed E-state index contributed by atoms with van der Waals surface area (Å²) in [7, 11) is 0. The van der Waals surface area contributed by atoms with Crippen LogP contribution in [0.5, 0.6) is 0 Å². The van der Waals surface area contributed by atoms with Crippen LogP contribution >= 0.6 is 0 Å². The minimum Gasteiger partial charge on any atom is -1.00 e. The van der Waals surface area contributed by atoms with Crippen LogP contribution in [-0.4, -0.2) is 0 Å². The molecule has 26 heavy (non-hydrogen) atoms. The van der Waals surface area contributed by atoms with Gasteiger partial charge in [0, 0.05) is 0 Å². The summed E-state index contributed by atoms with van der Waals surface area (Å²) in [5.74, 6) is 0.737. The molecule has 0 spiro atoms. The fourth-order valence-electron chi connectivity index (χ4n) is 4.23. The zero-order valence-electron chi connectivity index (χ0n) is 17.0. The molecule has 0 amide bonds. The fraction of sp³-hybridized carbons (Fsp3) is 0.478. The summed E-state index contributed by atoms with van der Waals surface area (Å²) in [6.45, 7) is 16.6. The summed E-state index contributed by atoms with van der Waals surface area (Å²) in [6, 6.07) is 9.11. The smallest absolute Gasteiger partial charge is 1.00 e. The average molecular weight is 436 g/mol. The molecule has 1 atom stereocenters. The molecule has 3 heteroatoms. The van der Waals surface area contributed by atoms with Gasteiger partial charge in [0.1, 0.15) is 0 Å². The Labute approximate surface area is 169 Å². The maximum absolute atomic E-state index is 2.51. The van der Waals surface area contributed by atoms with Crippen LogP contribution < -0.4 is 9.41 Å². The number of benzene rings is 1. The standard InChI is InChI=1S/C13H15.C10H15.2FH.Zr/c1-10(2)7-11-8-12-5-3-4-6-13(12)9-11;1-7-6-10(4,5)9(3)8(7)2;;;/h3-6,8-10H,7H2,1-2H3;1-5H3;2*1H;/q;;;;+2/p-2. The van der Waals surface area contributed by atoms with E-state index in [0.717, 1.165) is 9.54 Å². The van der Waals surface area contributed by atoms with Gasteiger partial charge >= 0.3 is 160 Å². The third kappa shape index (κ3) is 3.89. The Balaban J connectivity index is 0.00000169. The second-order valence-electron chi connectivity index (χ2n) is 8.40. The molecule has 140 valence electrons. The van der Waals surface area contributed by atoms with Crippen LogP contribution in [-0.2, 0) is 23.2 Å². The monoisotopic (exact) mass is 434 g/mol. The van der Waals surface area contributed by atoms with E-state index >= 15 is 0 Å². The van der Waals surface area contributed by atoms with Crippen LogP contribution in [0.2, 0.25) is 0 Å². The molecule has 0 fully saturated rings. The fourth-order valence-corrected chi connectivity index (χ4v) is 9.26. The Morgan fingerprint density at radius 3 is 2.15 bits per heavy atom. The van der Waals surface area contributed by atoms with E-state index in [2.05, 4.69) is 78.8 Å². The Bertz CT molecular complexity index is 766. The number of fused-ring (bicyclic) bond motifs is 1. The molecule has 0 bridgehead atoms. The normalized spacial score (nSPS) is 20.5. The van der Waals surface area contributed by atoms with Gasteiger partial charge in [0.25, 0.3) is 0 Å². The van der Waals surface area contributed by atoms with E-state index in [4.69, 9.17) is 0 Å². The summed E-state index contributed by atoms with van der Waals surface area (Å²) >= 11 is -0.728. The maximum atomic E-state index is 2.51. The first-order chi connectivity index (χ1) is 11.2. The predicted octanol–water partition coefficient (Wildman–Crippen LogP) is 0.912. The molecule has 2 aliphatic rings. The molecule has 0 nitrogen and oxygen atoms in total. The van der Waals surface area contributed by atoms with E-state index in [9.17, 15) is 0 Å². The second-order valence-corrected chi connectivity index (χ2v) is 11.8. The van der Waals surface area contributed by atoms with E-state index in [0.29, 0.717) is 0 Å². The first-order valence-corrected chi connectivity index (χ1v) is 11.8. The molecule has 0 saturated carbocycles. The van der Waals surface area contributed by atoms with Gasteiger partial charge in [0.05, 0.1) is 0 Å². The third-order valence-corrected chi connectivity index (χ3v) is 11.6. The van der Waals surface area contributed by atoms with E-state index in [1.807, 2.05) is 3.28 Å². The van der Waals surface area contributed by atoms with Gasteiger partial charge in [-0.05, 0) is 0 Å². The van der Waals surface area contributed by atoms with Crippen molar-refractivity contribution in [3.63, 3.8) is 0 Å². The van der Waals surface area contributed by atoms with Crippen molar-refractivity contribution in [3.05, 3.63) is 61.0 Å².